The first-order valence-corrected chi connectivity index (χ1v) is 11.5. The molecule has 0 atom stereocenters. The summed E-state index contributed by atoms with van der Waals surface area (Å²) in [7, 11) is 0. The summed E-state index contributed by atoms with van der Waals surface area (Å²) in [4.78, 5) is 48.1. The van der Waals surface area contributed by atoms with Crippen molar-refractivity contribution in [3.8, 4) is 11.5 Å². The molecule has 10 nitrogen and oxygen atoms in total. The van der Waals surface area contributed by atoms with Crippen LogP contribution in [-0.2, 0) is 16.0 Å². The van der Waals surface area contributed by atoms with Crippen molar-refractivity contribution in [2.75, 3.05) is 18.5 Å². The third kappa shape index (κ3) is 8.10. The Kier molecular flexibility index (Phi) is 9.60. The lowest BCUT2D eigenvalue weighted by atomic mass is 10.1. The number of hydrogen-bond donors (Lipinski definition) is 2. The van der Waals surface area contributed by atoms with Crippen LogP contribution in [0.15, 0.2) is 72.8 Å². The zero-order valence-electron chi connectivity index (χ0n) is 20.3. The van der Waals surface area contributed by atoms with E-state index >= 15 is 0 Å². The molecule has 0 unspecified atom stereocenters. The topological polar surface area (TPSA) is 129 Å². The minimum atomic E-state index is -0.823. The maximum absolute atomic E-state index is 12.7. The summed E-state index contributed by atoms with van der Waals surface area (Å²) in [5.74, 6) is -0.221. The van der Waals surface area contributed by atoms with E-state index in [9.17, 15) is 19.2 Å². The quantitative estimate of drug-likeness (QED) is 0.308. The molecular formula is C27H26N2O8. The Morgan fingerprint density at radius 2 is 1.14 bits per heavy atom. The molecule has 0 heterocycles. The predicted molar refractivity (Wildman–Crippen MR) is 134 cm³/mol. The third-order valence-electron chi connectivity index (χ3n) is 4.86. The lowest BCUT2D eigenvalue weighted by Gasteiger charge is -2.12. The summed E-state index contributed by atoms with van der Waals surface area (Å²) in [6.07, 6.45) is -1.64. The van der Waals surface area contributed by atoms with Crippen molar-refractivity contribution in [1.29, 1.82) is 0 Å². The van der Waals surface area contributed by atoms with Crippen molar-refractivity contribution in [3.63, 3.8) is 0 Å². The molecule has 0 saturated carbocycles. The van der Waals surface area contributed by atoms with Gasteiger partial charge in [-0.25, -0.2) is 9.59 Å². The summed E-state index contributed by atoms with van der Waals surface area (Å²) < 4.78 is 19.4. The zero-order valence-corrected chi connectivity index (χ0v) is 20.3. The molecular weight excluding hydrogens is 480 g/mol. The molecule has 0 aliphatic heterocycles. The van der Waals surface area contributed by atoms with Gasteiger partial charge in [-0.2, -0.15) is 0 Å². The number of carbonyl (C=O) groups excluding carboxylic acids is 4. The first-order valence-electron chi connectivity index (χ1n) is 11.5. The van der Waals surface area contributed by atoms with Crippen LogP contribution in [0.4, 0.5) is 15.3 Å². The standard InChI is InChI=1S/C27H26N2O8/c1-3-34-26(32)36-21-13-9-18(10-14-21)24(30)28-17-20-7-5-6-8-23(20)29-25(31)19-11-15-22(16-12-19)37-27(33)35-4-2/h5-16H,3-4,17H2,1-2H3,(H,28,30)(H,29,31). The van der Waals surface area contributed by atoms with Gasteiger partial charge in [-0.1, -0.05) is 18.2 Å². The van der Waals surface area contributed by atoms with Gasteiger partial charge in [-0.15, -0.1) is 0 Å². The molecule has 2 amide bonds. The van der Waals surface area contributed by atoms with E-state index in [2.05, 4.69) is 10.6 Å². The molecule has 0 spiro atoms. The number of nitrogens with one attached hydrogen (secondary N) is 2. The molecule has 0 saturated heterocycles. The molecule has 0 radical (unpaired) electrons. The number of benzene rings is 3. The first-order chi connectivity index (χ1) is 17.9. The van der Waals surface area contributed by atoms with E-state index in [1.54, 1.807) is 38.1 Å². The number of anilines is 1. The number of ether oxygens (including phenoxy) is 4. The minimum absolute atomic E-state index is 0.155. The molecule has 0 bridgehead atoms. The molecule has 10 heteroatoms. The van der Waals surface area contributed by atoms with Gasteiger partial charge in [0, 0.05) is 23.4 Å². The minimum Gasteiger partial charge on any atom is -0.434 e. The average molecular weight is 507 g/mol. The summed E-state index contributed by atoms with van der Waals surface area (Å²) in [5, 5.41) is 5.63. The van der Waals surface area contributed by atoms with Crippen LogP contribution >= 0.6 is 0 Å². The van der Waals surface area contributed by atoms with Crippen LogP contribution in [0.5, 0.6) is 11.5 Å². The van der Waals surface area contributed by atoms with Gasteiger partial charge in [0.1, 0.15) is 11.5 Å². The van der Waals surface area contributed by atoms with E-state index in [4.69, 9.17) is 18.9 Å². The highest BCUT2D eigenvalue weighted by atomic mass is 16.7. The monoisotopic (exact) mass is 506 g/mol. The second kappa shape index (κ2) is 13.3. The van der Waals surface area contributed by atoms with Crippen molar-refractivity contribution in [2.24, 2.45) is 0 Å². The van der Waals surface area contributed by atoms with Gasteiger partial charge in [0.25, 0.3) is 11.8 Å². The smallest absolute Gasteiger partial charge is 0.434 e. The maximum atomic E-state index is 12.7. The number of hydrogen-bond acceptors (Lipinski definition) is 8. The van der Waals surface area contributed by atoms with Crippen LogP contribution < -0.4 is 20.1 Å². The Morgan fingerprint density at radius 1 is 0.649 bits per heavy atom. The lowest BCUT2D eigenvalue weighted by Crippen LogP contribution is -2.24. The van der Waals surface area contributed by atoms with Crippen LogP contribution in [0.2, 0.25) is 0 Å². The molecule has 37 heavy (non-hydrogen) atoms. The Balaban J connectivity index is 1.58. The SMILES string of the molecule is CCOC(=O)Oc1ccc(C(=O)NCc2ccccc2NC(=O)c2ccc(OC(=O)OCC)cc2)cc1. The molecule has 3 rings (SSSR count). The maximum Gasteiger partial charge on any atom is 0.513 e. The molecule has 3 aromatic carbocycles. The number of para-hydroxylation sites is 1. The highest BCUT2D eigenvalue weighted by molar-refractivity contribution is 6.04. The fourth-order valence-corrected chi connectivity index (χ4v) is 3.10. The van der Waals surface area contributed by atoms with Gasteiger partial charge in [-0.3, -0.25) is 9.59 Å². The van der Waals surface area contributed by atoms with E-state index in [1.165, 1.54) is 48.5 Å². The highest BCUT2D eigenvalue weighted by Gasteiger charge is 2.13. The van der Waals surface area contributed by atoms with Crippen molar-refractivity contribution < 1.29 is 38.1 Å². The van der Waals surface area contributed by atoms with Crippen LogP contribution in [0.1, 0.15) is 40.1 Å². The van der Waals surface area contributed by atoms with Crippen LogP contribution in [0, 0.1) is 0 Å². The van der Waals surface area contributed by atoms with Gasteiger partial charge in [-0.05, 0) is 74.0 Å². The summed E-state index contributed by atoms with van der Waals surface area (Å²) >= 11 is 0. The van der Waals surface area contributed by atoms with Gasteiger partial charge < -0.3 is 29.6 Å². The van der Waals surface area contributed by atoms with Gasteiger partial charge in [0.15, 0.2) is 0 Å². The number of rotatable bonds is 9. The van der Waals surface area contributed by atoms with E-state index < -0.39 is 12.3 Å². The van der Waals surface area contributed by atoms with Crippen molar-refractivity contribution in [2.45, 2.75) is 20.4 Å². The Bertz CT molecular complexity index is 1240. The molecule has 0 fully saturated rings. The third-order valence-corrected chi connectivity index (χ3v) is 4.86. The lowest BCUT2D eigenvalue weighted by molar-refractivity contribution is 0.0949. The second-order valence-corrected chi connectivity index (χ2v) is 7.41. The molecule has 2 N–H and O–H groups in total. The molecule has 192 valence electrons. The summed E-state index contributed by atoms with van der Waals surface area (Å²) in [5.41, 5.74) is 1.93. The Labute approximate surface area is 213 Å². The van der Waals surface area contributed by atoms with Gasteiger partial charge in [0.05, 0.1) is 13.2 Å². The van der Waals surface area contributed by atoms with Gasteiger partial charge >= 0.3 is 12.3 Å². The van der Waals surface area contributed by atoms with E-state index in [1.807, 2.05) is 0 Å². The number of carbonyl (C=O) groups is 4. The average Bonchev–Trinajstić information content (AvgIpc) is 2.89. The van der Waals surface area contributed by atoms with Crippen LogP contribution in [0.3, 0.4) is 0 Å². The van der Waals surface area contributed by atoms with E-state index in [0.29, 0.717) is 22.4 Å². The normalized spacial score (nSPS) is 10.1. The second-order valence-electron chi connectivity index (χ2n) is 7.41. The summed E-state index contributed by atoms with van der Waals surface area (Å²) in [6, 6.07) is 19.1. The fraction of sp³-hybridized carbons (Fsp3) is 0.185. The predicted octanol–water partition coefficient (Wildman–Crippen LogP) is 4.94. The molecule has 0 aliphatic carbocycles. The molecule has 0 aliphatic rings. The van der Waals surface area contributed by atoms with Crippen molar-refractivity contribution >= 4 is 29.8 Å². The highest BCUT2D eigenvalue weighted by Crippen LogP contribution is 2.19. The first kappa shape index (κ1) is 26.7. The van der Waals surface area contributed by atoms with Crippen LogP contribution in [0.25, 0.3) is 0 Å². The zero-order chi connectivity index (χ0) is 26.6. The van der Waals surface area contributed by atoms with Crippen LogP contribution in [-0.4, -0.2) is 37.3 Å². The molecule has 3 aromatic rings. The van der Waals surface area contributed by atoms with Gasteiger partial charge in [0.2, 0.25) is 0 Å². The molecule has 0 aromatic heterocycles. The van der Waals surface area contributed by atoms with Crippen molar-refractivity contribution in [3.05, 3.63) is 89.5 Å². The largest absolute Gasteiger partial charge is 0.513 e. The fourth-order valence-electron chi connectivity index (χ4n) is 3.10. The van der Waals surface area contributed by atoms with E-state index in [-0.39, 0.29) is 43.1 Å². The Morgan fingerprint density at radius 3 is 1.65 bits per heavy atom. The van der Waals surface area contributed by atoms with Crippen molar-refractivity contribution in [1.82, 2.24) is 5.32 Å². The Hall–Kier alpha value is -4.86. The number of amides is 2. The van der Waals surface area contributed by atoms with E-state index in [0.717, 1.165) is 0 Å². The summed E-state index contributed by atoms with van der Waals surface area (Å²) in [6.45, 7) is 3.88.